The highest BCUT2D eigenvalue weighted by atomic mass is 16.2. The Morgan fingerprint density at radius 2 is 1.79 bits per heavy atom. The van der Waals surface area contributed by atoms with E-state index in [-0.39, 0.29) is 5.91 Å². The Bertz CT molecular complexity index is 739. The van der Waals surface area contributed by atoms with E-state index >= 15 is 0 Å². The van der Waals surface area contributed by atoms with E-state index in [0.717, 1.165) is 50.9 Å². The van der Waals surface area contributed by atoms with Gasteiger partial charge in [0.25, 0.3) is 5.91 Å². The number of amides is 1. The lowest BCUT2D eigenvalue weighted by Gasteiger charge is -2.26. The van der Waals surface area contributed by atoms with Crippen molar-refractivity contribution in [3.8, 4) is 0 Å². The van der Waals surface area contributed by atoms with Crippen LogP contribution in [0.4, 0.5) is 0 Å². The summed E-state index contributed by atoms with van der Waals surface area (Å²) in [5.41, 5.74) is 3.45. The molecule has 0 N–H and O–H groups in total. The van der Waals surface area contributed by atoms with Gasteiger partial charge in [-0.15, -0.1) is 0 Å². The maximum atomic E-state index is 13.1. The van der Waals surface area contributed by atoms with E-state index in [0.29, 0.717) is 12.1 Å². The van der Waals surface area contributed by atoms with Crippen molar-refractivity contribution in [2.24, 2.45) is 0 Å². The predicted octanol–water partition coefficient (Wildman–Crippen LogP) is 5.15. The molecule has 2 aromatic carbocycles. The summed E-state index contributed by atoms with van der Waals surface area (Å²) in [5, 5.41) is 0. The molecule has 0 aliphatic carbocycles. The third-order valence-electron chi connectivity index (χ3n) is 5.97. The summed E-state index contributed by atoms with van der Waals surface area (Å²) in [6, 6.07) is 19.7. The highest BCUT2D eigenvalue weighted by Gasteiger charge is 2.29. The average molecular weight is 379 g/mol. The Morgan fingerprint density at radius 3 is 2.43 bits per heavy atom. The zero-order chi connectivity index (χ0) is 19.9. The molecule has 3 heteroatoms. The van der Waals surface area contributed by atoms with Gasteiger partial charge in [-0.25, -0.2) is 0 Å². The number of carbonyl (C=O) groups is 1. The zero-order valence-corrected chi connectivity index (χ0v) is 17.6. The monoisotopic (exact) mass is 378 g/mol. The Balaban J connectivity index is 1.60. The minimum Gasteiger partial charge on any atom is -0.336 e. The van der Waals surface area contributed by atoms with Crippen molar-refractivity contribution in [3.05, 3.63) is 71.3 Å². The number of hydrogen-bond acceptors (Lipinski definition) is 2. The first kappa shape index (κ1) is 20.6. The second-order valence-corrected chi connectivity index (χ2v) is 8.17. The third kappa shape index (κ3) is 5.23. The Morgan fingerprint density at radius 1 is 1.07 bits per heavy atom. The van der Waals surface area contributed by atoms with Crippen LogP contribution in [0.5, 0.6) is 0 Å². The van der Waals surface area contributed by atoms with Crippen LogP contribution in [0.3, 0.4) is 0 Å². The summed E-state index contributed by atoms with van der Waals surface area (Å²) >= 11 is 0. The molecule has 0 radical (unpaired) electrons. The first-order chi connectivity index (χ1) is 13.6. The van der Waals surface area contributed by atoms with Crippen LogP contribution in [-0.4, -0.2) is 40.9 Å². The minimum absolute atomic E-state index is 0.193. The van der Waals surface area contributed by atoms with Crippen LogP contribution in [0, 0.1) is 0 Å². The van der Waals surface area contributed by atoms with E-state index in [9.17, 15) is 4.79 Å². The van der Waals surface area contributed by atoms with Gasteiger partial charge in [0.15, 0.2) is 0 Å². The smallest absolute Gasteiger partial charge is 0.254 e. The molecule has 2 aromatic rings. The van der Waals surface area contributed by atoms with Crippen molar-refractivity contribution in [2.45, 2.75) is 65.1 Å². The van der Waals surface area contributed by atoms with Crippen molar-refractivity contribution in [1.82, 2.24) is 9.80 Å². The maximum Gasteiger partial charge on any atom is 0.254 e. The van der Waals surface area contributed by atoms with Crippen molar-refractivity contribution >= 4 is 5.91 Å². The average Bonchev–Trinajstić information content (AvgIpc) is 3.19. The van der Waals surface area contributed by atoms with Crippen LogP contribution < -0.4 is 0 Å². The number of rotatable bonds is 8. The van der Waals surface area contributed by atoms with Gasteiger partial charge in [-0.1, -0.05) is 49.4 Å². The van der Waals surface area contributed by atoms with Crippen LogP contribution in [0.15, 0.2) is 54.6 Å². The Kier molecular flexibility index (Phi) is 7.27. The second-order valence-electron chi connectivity index (χ2n) is 8.17. The third-order valence-corrected chi connectivity index (χ3v) is 5.97. The van der Waals surface area contributed by atoms with Crippen LogP contribution >= 0.6 is 0 Å². The number of carbonyl (C=O) groups excluding carboxylic acids is 1. The summed E-state index contributed by atoms with van der Waals surface area (Å²) in [7, 11) is 0. The lowest BCUT2D eigenvalue weighted by atomic mass is 10.0. The van der Waals surface area contributed by atoms with Gasteiger partial charge in [0, 0.05) is 30.7 Å². The summed E-state index contributed by atoms with van der Waals surface area (Å²) in [6.45, 7) is 9.51. The molecule has 1 fully saturated rings. The summed E-state index contributed by atoms with van der Waals surface area (Å²) < 4.78 is 0. The fraction of sp³-hybridized carbons (Fsp3) is 0.480. The molecule has 0 bridgehead atoms. The van der Waals surface area contributed by atoms with Gasteiger partial charge in [0.1, 0.15) is 0 Å². The van der Waals surface area contributed by atoms with Gasteiger partial charge in [-0.2, -0.15) is 0 Å². The molecule has 3 nitrogen and oxygen atoms in total. The number of benzene rings is 2. The molecule has 1 unspecified atom stereocenters. The summed E-state index contributed by atoms with van der Waals surface area (Å²) in [4.78, 5) is 17.6. The predicted molar refractivity (Wildman–Crippen MR) is 116 cm³/mol. The van der Waals surface area contributed by atoms with E-state index in [1.54, 1.807) is 0 Å². The quantitative estimate of drug-likeness (QED) is 0.634. The van der Waals surface area contributed by atoms with Crippen LogP contribution in [-0.2, 0) is 13.0 Å². The molecule has 1 amide bonds. The fourth-order valence-corrected chi connectivity index (χ4v) is 4.19. The molecule has 1 aliphatic rings. The van der Waals surface area contributed by atoms with Crippen molar-refractivity contribution in [3.63, 3.8) is 0 Å². The van der Waals surface area contributed by atoms with Crippen molar-refractivity contribution in [2.75, 3.05) is 13.1 Å². The molecule has 1 atom stereocenters. The molecule has 150 valence electrons. The van der Waals surface area contributed by atoms with E-state index in [4.69, 9.17) is 0 Å². The second kappa shape index (κ2) is 9.88. The lowest BCUT2D eigenvalue weighted by molar-refractivity contribution is 0.0730. The lowest BCUT2D eigenvalue weighted by Crippen LogP contribution is -2.35. The molecule has 0 aromatic heterocycles. The van der Waals surface area contributed by atoms with Gasteiger partial charge in [-0.05, 0) is 69.3 Å². The van der Waals surface area contributed by atoms with Gasteiger partial charge in [0.2, 0.25) is 0 Å². The van der Waals surface area contributed by atoms with Gasteiger partial charge in [-0.3, -0.25) is 9.69 Å². The first-order valence-corrected chi connectivity index (χ1v) is 10.8. The molecule has 1 saturated heterocycles. The summed E-state index contributed by atoms with van der Waals surface area (Å²) in [6.07, 6.45) is 4.32. The fourth-order valence-electron chi connectivity index (χ4n) is 4.19. The van der Waals surface area contributed by atoms with E-state index < -0.39 is 0 Å². The van der Waals surface area contributed by atoms with Gasteiger partial charge >= 0.3 is 0 Å². The van der Waals surface area contributed by atoms with Gasteiger partial charge < -0.3 is 4.90 Å². The molecule has 0 saturated carbocycles. The molecule has 28 heavy (non-hydrogen) atoms. The van der Waals surface area contributed by atoms with Crippen LogP contribution in [0.2, 0.25) is 0 Å². The largest absolute Gasteiger partial charge is 0.336 e. The number of aryl methyl sites for hydroxylation is 1. The van der Waals surface area contributed by atoms with Crippen LogP contribution in [0.25, 0.3) is 0 Å². The molecular formula is C25H34N2O. The van der Waals surface area contributed by atoms with E-state index in [1.165, 1.54) is 11.1 Å². The highest BCUT2D eigenvalue weighted by Crippen LogP contribution is 2.24. The minimum atomic E-state index is 0.193. The van der Waals surface area contributed by atoms with E-state index in [1.807, 2.05) is 12.1 Å². The number of nitrogens with zero attached hydrogens (tertiary/aromatic N) is 2. The van der Waals surface area contributed by atoms with Crippen molar-refractivity contribution in [1.29, 1.82) is 0 Å². The molecule has 3 rings (SSSR count). The Hall–Kier alpha value is -2.13. The normalized spacial score (nSPS) is 16.9. The zero-order valence-electron chi connectivity index (χ0n) is 17.6. The SMILES string of the molecule is CCN(Cc1ccc(C(=O)N2CCCC2CCc2ccccc2)cc1)C(C)C. The summed E-state index contributed by atoms with van der Waals surface area (Å²) in [5.74, 6) is 0.193. The molecule has 0 spiro atoms. The Labute approximate surface area is 170 Å². The topological polar surface area (TPSA) is 23.6 Å². The number of hydrogen-bond donors (Lipinski definition) is 0. The van der Waals surface area contributed by atoms with E-state index in [2.05, 4.69) is 73.0 Å². The number of likely N-dealkylation sites (tertiary alicyclic amines) is 1. The van der Waals surface area contributed by atoms with Gasteiger partial charge in [0.05, 0.1) is 0 Å². The maximum absolute atomic E-state index is 13.1. The first-order valence-electron chi connectivity index (χ1n) is 10.8. The molecular weight excluding hydrogens is 344 g/mol. The molecule has 1 heterocycles. The van der Waals surface area contributed by atoms with Crippen molar-refractivity contribution < 1.29 is 4.79 Å². The molecule has 1 aliphatic heterocycles. The highest BCUT2D eigenvalue weighted by molar-refractivity contribution is 5.94. The standard InChI is InChI=1S/C25H34N2O/c1-4-26(20(2)3)19-22-12-15-23(16-13-22)25(28)27-18-8-11-24(27)17-14-21-9-6-5-7-10-21/h5-7,9-10,12-13,15-16,20,24H,4,8,11,14,17-19H2,1-3H3. The van der Waals surface area contributed by atoms with Crippen LogP contribution in [0.1, 0.15) is 61.5 Å².